The Morgan fingerprint density at radius 2 is 1.71 bits per heavy atom. The van der Waals surface area contributed by atoms with Crippen LogP contribution >= 0.6 is 0 Å². The Bertz CT molecular complexity index is 246. The second-order valence-corrected chi connectivity index (χ2v) is 4.29. The van der Waals surface area contributed by atoms with E-state index in [1.165, 1.54) is 0 Å². The van der Waals surface area contributed by atoms with E-state index < -0.39 is 5.60 Å². The van der Waals surface area contributed by atoms with E-state index in [0.29, 0.717) is 5.57 Å². The summed E-state index contributed by atoms with van der Waals surface area (Å²) in [5.41, 5.74) is -0.00264. The van der Waals surface area contributed by atoms with E-state index in [2.05, 4.69) is 6.58 Å². The van der Waals surface area contributed by atoms with Crippen molar-refractivity contribution >= 4 is 11.8 Å². The lowest BCUT2D eigenvalue weighted by Crippen LogP contribution is -2.24. The van der Waals surface area contributed by atoms with Crippen molar-refractivity contribution < 1.29 is 14.3 Å². The molecule has 0 atom stereocenters. The molecular weight excluding hydrogens is 180 g/mol. The molecule has 0 aliphatic rings. The van der Waals surface area contributed by atoms with Crippen LogP contribution in [-0.4, -0.2) is 17.4 Å². The number of Topliss-reactive ketones (excluding diaryl/α,β-unsaturated/α-hetero) is 1. The number of carbonyl (C=O) groups is 2. The first-order valence-electron chi connectivity index (χ1n) is 4.63. The van der Waals surface area contributed by atoms with Crippen molar-refractivity contribution in [1.29, 1.82) is 0 Å². The maximum Gasteiger partial charge on any atom is 0.306 e. The molecule has 0 amide bonds. The van der Waals surface area contributed by atoms with Crippen LogP contribution in [0.4, 0.5) is 0 Å². The number of ether oxygens (including phenoxy) is 1. The molecule has 0 N–H and O–H groups in total. The Morgan fingerprint density at radius 3 is 2.07 bits per heavy atom. The number of allylic oxidation sites excluding steroid dienone is 1. The van der Waals surface area contributed by atoms with Gasteiger partial charge >= 0.3 is 5.97 Å². The molecule has 0 fully saturated rings. The summed E-state index contributed by atoms with van der Waals surface area (Å²) >= 11 is 0. The van der Waals surface area contributed by atoms with Gasteiger partial charge in [0.15, 0.2) is 5.78 Å². The van der Waals surface area contributed by atoms with Gasteiger partial charge in [-0.2, -0.15) is 0 Å². The van der Waals surface area contributed by atoms with Gasteiger partial charge in [0, 0.05) is 6.42 Å². The quantitative estimate of drug-likeness (QED) is 0.514. The van der Waals surface area contributed by atoms with Crippen LogP contribution in [0.3, 0.4) is 0 Å². The highest BCUT2D eigenvalue weighted by Crippen LogP contribution is 2.10. The SMILES string of the molecule is C=C(C)C(=O)CCC(=O)OC(C)(C)C. The van der Waals surface area contributed by atoms with Crippen molar-refractivity contribution in [3.05, 3.63) is 12.2 Å². The van der Waals surface area contributed by atoms with Gasteiger partial charge in [0.2, 0.25) is 0 Å². The largest absolute Gasteiger partial charge is 0.460 e. The molecule has 0 spiro atoms. The second kappa shape index (κ2) is 4.94. The summed E-state index contributed by atoms with van der Waals surface area (Å²) in [6.07, 6.45) is 0.313. The molecule has 0 saturated carbocycles. The fraction of sp³-hybridized carbons (Fsp3) is 0.636. The summed E-state index contributed by atoms with van der Waals surface area (Å²) in [7, 11) is 0. The molecule has 80 valence electrons. The van der Waals surface area contributed by atoms with Gasteiger partial charge in [-0.15, -0.1) is 0 Å². The lowest BCUT2D eigenvalue weighted by atomic mass is 10.1. The summed E-state index contributed by atoms with van der Waals surface area (Å²) in [4.78, 5) is 22.3. The fourth-order valence-corrected chi connectivity index (χ4v) is 0.822. The number of carbonyl (C=O) groups excluding carboxylic acids is 2. The molecule has 0 aliphatic carbocycles. The second-order valence-electron chi connectivity index (χ2n) is 4.29. The summed E-state index contributed by atoms with van der Waals surface area (Å²) in [6, 6.07) is 0. The molecule has 3 heteroatoms. The molecule has 0 rings (SSSR count). The predicted molar refractivity (Wildman–Crippen MR) is 54.9 cm³/mol. The standard InChI is InChI=1S/C11H18O3/c1-8(2)9(12)6-7-10(13)14-11(3,4)5/h1,6-7H2,2-5H3. The van der Waals surface area contributed by atoms with Gasteiger partial charge in [-0.25, -0.2) is 0 Å². The molecule has 0 unspecified atom stereocenters. The maximum absolute atomic E-state index is 11.2. The van der Waals surface area contributed by atoms with E-state index in [-0.39, 0.29) is 24.6 Å². The van der Waals surface area contributed by atoms with Gasteiger partial charge in [0.05, 0.1) is 6.42 Å². The minimum absolute atomic E-state index is 0.0872. The monoisotopic (exact) mass is 198 g/mol. The molecular formula is C11H18O3. The minimum atomic E-state index is -0.483. The van der Waals surface area contributed by atoms with Crippen LogP contribution in [0.25, 0.3) is 0 Å². The molecule has 0 aromatic carbocycles. The van der Waals surface area contributed by atoms with Crippen LogP contribution in [0.1, 0.15) is 40.5 Å². The third-order valence-corrected chi connectivity index (χ3v) is 1.45. The lowest BCUT2D eigenvalue weighted by molar-refractivity contribution is -0.155. The van der Waals surface area contributed by atoms with Crippen LogP contribution in [0.2, 0.25) is 0 Å². The van der Waals surface area contributed by atoms with Crippen molar-refractivity contribution in [2.75, 3.05) is 0 Å². The zero-order valence-corrected chi connectivity index (χ0v) is 9.35. The number of rotatable bonds is 4. The van der Waals surface area contributed by atoms with Crippen LogP contribution in [0.15, 0.2) is 12.2 Å². The summed E-state index contributed by atoms with van der Waals surface area (Å²) in [5.74, 6) is -0.428. The van der Waals surface area contributed by atoms with Gasteiger partial charge in [0.25, 0.3) is 0 Å². The highest BCUT2D eigenvalue weighted by atomic mass is 16.6. The Labute approximate surface area is 85.1 Å². The van der Waals surface area contributed by atoms with Gasteiger partial charge < -0.3 is 4.74 Å². The minimum Gasteiger partial charge on any atom is -0.460 e. The summed E-state index contributed by atoms with van der Waals surface area (Å²) in [6.45, 7) is 10.5. The van der Waals surface area contributed by atoms with Crippen molar-refractivity contribution in [2.45, 2.75) is 46.1 Å². The molecule has 0 aliphatic heterocycles. The van der Waals surface area contributed by atoms with E-state index in [1.807, 2.05) is 0 Å². The third-order valence-electron chi connectivity index (χ3n) is 1.45. The van der Waals surface area contributed by atoms with Gasteiger partial charge in [-0.1, -0.05) is 6.58 Å². The molecule has 3 nitrogen and oxygen atoms in total. The van der Waals surface area contributed by atoms with E-state index in [4.69, 9.17) is 4.74 Å². The molecule has 0 bridgehead atoms. The first-order chi connectivity index (χ1) is 6.22. The first-order valence-corrected chi connectivity index (χ1v) is 4.63. The first kappa shape index (κ1) is 12.9. The molecule has 14 heavy (non-hydrogen) atoms. The number of esters is 1. The number of hydrogen-bond donors (Lipinski definition) is 0. The average Bonchev–Trinajstić information content (AvgIpc) is 1.96. The van der Waals surface area contributed by atoms with E-state index in [0.717, 1.165) is 0 Å². The highest BCUT2D eigenvalue weighted by molar-refractivity contribution is 5.95. The van der Waals surface area contributed by atoms with Crippen LogP contribution in [0.5, 0.6) is 0 Å². The predicted octanol–water partition coefficient (Wildman–Crippen LogP) is 2.25. The Balaban J connectivity index is 3.87. The smallest absolute Gasteiger partial charge is 0.306 e. The maximum atomic E-state index is 11.2. The van der Waals surface area contributed by atoms with Crippen LogP contribution < -0.4 is 0 Å². The zero-order valence-electron chi connectivity index (χ0n) is 9.35. The fourth-order valence-electron chi connectivity index (χ4n) is 0.822. The molecule has 0 saturated heterocycles. The van der Waals surface area contributed by atoms with Crippen molar-refractivity contribution in [3.63, 3.8) is 0 Å². The topological polar surface area (TPSA) is 43.4 Å². The van der Waals surface area contributed by atoms with Crippen molar-refractivity contribution in [3.8, 4) is 0 Å². The normalized spacial score (nSPS) is 10.9. The molecule has 0 radical (unpaired) electrons. The summed E-state index contributed by atoms with van der Waals surface area (Å²) < 4.78 is 5.05. The van der Waals surface area contributed by atoms with E-state index in [9.17, 15) is 9.59 Å². The Kier molecular flexibility index (Phi) is 4.54. The van der Waals surface area contributed by atoms with Gasteiger partial charge in [-0.3, -0.25) is 9.59 Å². The van der Waals surface area contributed by atoms with Crippen LogP contribution in [0, 0.1) is 0 Å². The van der Waals surface area contributed by atoms with Crippen molar-refractivity contribution in [1.82, 2.24) is 0 Å². The Morgan fingerprint density at radius 1 is 1.21 bits per heavy atom. The molecule has 0 aromatic heterocycles. The number of ketones is 1. The average molecular weight is 198 g/mol. The zero-order chi connectivity index (χ0) is 11.4. The highest BCUT2D eigenvalue weighted by Gasteiger charge is 2.16. The third kappa shape index (κ3) is 6.40. The van der Waals surface area contributed by atoms with E-state index in [1.54, 1.807) is 27.7 Å². The Hall–Kier alpha value is -1.12. The number of hydrogen-bond acceptors (Lipinski definition) is 3. The van der Waals surface area contributed by atoms with Crippen LogP contribution in [-0.2, 0) is 14.3 Å². The van der Waals surface area contributed by atoms with Gasteiger partial charge in [0.1, 0.15) is 5.60 Å². The summed E-state index contributed by atoms with van der Waals surface area (Å²) in [5, 5.41) is 0. The lowest BCUT2D eigenvalue weighted by Gasteiger charge is -2.19. The molecule has 0 heterocycles. The van der Waals surface area contributed by atoms with E-state index >= 15 is 0 Å². The van der Waals surface area contributed by atoms with Gasteiger partial charge in [-0.05, 0) is 33.3 Å². The van der Waals surface area contributed by atoms with Crippen molar-refractivity contribution in [2.24, 2.45) is 0 Å². The molecule has 0 aromatic rings.